The van der Waals surface area contributed by atoms with Gasteiger partial charge in [-0.2, -0.15) is 0 Å². The summed E-state index contributed by atoms with van der Waals surface area (Å²) in [5.41, 5.74) is 6.92. The van der Waals surface area contributed by atoms with Gasteiger partial charge in [0, 0.05) is 13.0 Å². The minimum atomic E-state index is -1.39. The molecule has 0 aromatic heterocycles. The van der Waals surface area contributed by atoms with Gasteiger partial charge in [0.1, 0.15) is 23.7 Å². The second-order valence-corrected chi connectivity index (χ2v) is 13.3. The van der Waals surface area contributed by atoms with Gasteiger partial charge in [-0.1, -0.05) is 91.0 Å². The predicted molar refractivity (Wildman–Crippen MR) is 188 cm³/mol. The molecule has 1 saturated heterocycles. The molecule has 3 atom stereocenters. The van der Waals surface area contributed by atoms with E-state index in [1.807, 2.05) is 112 Å². The number of rotatable bonds is 15. The van der Waals surface area contributed by atoms with Crippen molar-refractivity contribution < 1.29 is 33.8 Å². The van der Waals surface area contributed by atoms with Crippen LogP contribution in [0.2, 0.25) is 0 Å². The summed E-state index contributed by atoms with van der Waals surface area (Å²) >= 11 is 0. The van der Waals surface area contributed by atoms with Crippen LogP contribution in [0.5, 0.6) is 0 Å². The molecule has 4 rings (SSSR count). The molecule has 1 aliphatic rings. The fourth-order valence-electron chi connectivity index (χ4n) is 6.04. The monoisotopic (exact) mass is 685 g/mol. The first kappa shape index (κ1) is 37.7. The molecule has 50 heavy (non-hydrogen) atoms. The molecule has 0 aliphatic carbocycles. The first-order valence-corrected chi connectivity index (χ1v) is 16.8. The highest BCUT2D eigenvalue weighted by Gasteiger charge is 2.39. The second kappa shape index (κ2) is 17.0. The Morgan fingerprint density at radius 2 is 1.38 bits per heavy atom. The quantitative estimate of drug-likeness (QED) is 0.152. The Balaban J connectivity index is 1.38. The fourth-order valence-corrected chi connectivity index (χ4v) is 6.04. The summed E-state index contributed by atoms with van der Waals surface area (Å²) in [6.07, 6.45) is 0.576. The van der Waals surface area contributed by atoms with E-state index in [0.717, 1.165) is 16.7 Å². The molecular formula is C38H47N5O7. The van der Waals surface area contributed by atoms with Crippen LogP contribution < -0.4 is 21.7 Å². The Morgan fingerprint density at radius 3 is 1.86 bits per heavy atom. The molecule has 6 N–H and O–H groups in total. The van der Waals surface area contributed by atoms with Gasteiger partial charge >= 0.3 is 5.97 Å². The lowest BCUT2D eigenvalue weighted by molar-refractivity contribution is -0.143. The summed E-state index contributed by atoms with van der Waals surface area (Å²) in [5.74, 6) is -3.45. The molecule has 12 nitrogen and oxygen atoms in total. The molecule has 0 radical (unpaired) electrons. The van der Waals surface area contributed by atoms with Crippen LogP contribution in [0.15, 0.2) is 91.0 Å². The Morgan fingerprint density at radius 1 is 0.860 bits per heavy atom. The first-order valence-electron chi connectivity index (χ1n) is 16.8. The van der Waals surface area contributed by atoms with E-state index < -0.39 is 65.4 Å². The van der Waals surface area contributed by atoms with Crippen molar-refractivity contribution in [2.75, 3.05) is 19.7 Å². The van der Waals surface area contributed by atoms with E-state index in [-0.39, 0.29) is 19.4 Å². The van der Waals surface area contributed by atoms with Crippen LogP contribution in [-0.4, -0.2) is 83.0 Å². The van der Waals surface area contributed by atoms with Gasteiger partial charge in [-0.15, -0.1) is 0 Å². The highest BCUT2D eigenvalue weighted by atomic mass is 16.5. The van der Waals surface area contributed by atoms with E-state index in [1.165, 1.54) is 4.90 Å². The highest BCUT2D eigenvalue weighted by Crippen LogP contribution is 2.37. The van der Waals surface area contributed by atoms with Gasteiger partial charge in [0.05, 0.1) is 18.8 Å². The van der Waals surface area contributed by atoms with E-state index >= 15 is 0 Å². The van der Waals surface area contributed by atoms with Gasteiger partial charge < -0.3 is 36.4 Å². The molecule has 3 aromatic rings. The maximum absolute atomic E-state index is 13.7. The van der Waals surface area contributed by atoms with E-state index in [0.29, 0.717) is 19.4 Å². The van der Waals surface area contributed by atoms with Crippen LogP contribution in [0.4, 0.5) is 0 Å². The van der Waals surface area contributed by atoms with Crippen LogP contribution >= 0.6 is 0 Å². The molecule has 0 unspecified atom stereocenters. The second-order valence-electron chi connectivity index (χ2n) is 13.3. The number of hydrogen-bond donors (Lipinski definition) is 5. The normalized spacial score (nSPS) is 15.8. The largest absolute Gasteiger partial charge is 0.480 e. The van der Waals surface area contributed by atoms with E-state index in [2.05, 4.69) is 16.0 Å². The summed E-state index contributed by atoms with van der Waals surface area (Å²) in [4.78, 5) is 65.9. The zero-order valence-electron chi connectivity index (χ0n) is 28.8. The number of likely N-dealkylation sites (tertiary alicyclic amines) is 1. The molecule has 1 fully saturated rings. The van der Waals surface area contributed by atoms with Gasteiger partial charge in [0.25, 0.3) is 0 Å². The zero-order chi connectivity index (χ0) is 36.3. The summed E-state index contributed by atoms with van der Waals surface area (Å²) in [6.45, 7) is 5.37. The van der Waals surface area contributed by atoms with Crippen LogP contribution in [0.25, 0.3) is 0 Å². The number of carbonyl (C=O) groups is 5. The Hall–Kier alpha value is -5.07. The van der Waals surface area contributed by atoms with Crippen molar-refractivity contribution in [3.05, 3.63) is 108 Å². The zero-order valence-corrected chi connectivity index (χ0v) is 28.8. The Kier molecular flexibility index (Phi) is 12.9. The van der Waals surface area contributed by atoms with Crippen molar-refractivity contribution in [1.29, 1.82) is 0 Å². The molecular weight excluding hydrogens is 638 g/mol. The van der Waals surface area contributed by atoms with Gasteiger partial charge in [0.15, 0.2) is 0 Å². The summed E-state index contributed by atoms with van der Waals surface area (Å²) in [6, 6.07) is 25.4. The van der Waals surface area contributed by atoms with E-state index in [1.54, 1.807) is 0 Å². The van der Waals surface area contributed by atoms with Crippen LogP contribution in [-0.2, 0) is 34.2 Å². The average molecular weight is 686 g/mol. The smallest absolute Gasteiger partial charge is 0.326 e. The van der Waals surface area contributed by atoms with Crippen molar-refractivity contribution in [2.45, 2.75) is 75.7 Å². The van der Waals surface area contributed by atoms with Crippen molar-refractivity contribution >= 4 is 29.6 Å². The van der Waals surface area contributed by atoms with Gasteiger partial charge in [-0.25, -0.2) is 4.79 Å². The maximum atomic E-state index is 13.7. The molecule has 0 saturated carbocycles. The molecule has 1 heterocycles. The SMILES string of the molecule is CC(C)(C)OC[C@H](N)C(=O)N1CCC[C@H]1C(=O)NCC(=O)N[C@@H](CCC(=O)NC(c1ccccc1)(c1ccccc1)c1ccccc1)C(=O)O. The number of nitrogens with one attached hydrogen (secondary N) is 3. The average Bonchev–Trinajstić information content (AvgIpc) is 3.61. The van der Waals surface area contributed by atoms with Crippen molar-refractivity contribution in [3.63, 3.8) is 0 Å². The van der Waals surface area contributed by atoms with Crippen LogP contribution in [0.3, 0.4) is 0 Å². The maximum Gasteiger partial charge on any atom is 0.326 e. The van der Waals surface area contributed by atoms with Gasteiger partial charge in [-0.05, 0) is 56.7 Å². The van der Waals surface area contributed by atoms with Crippen molar-refractivity contribution in [1.82, 2.24) is 20.9 Å². The first-order chi connectivity index (χ1) is 23.8. The predicted octanol–water partition coefficient (Wildman–Crippen LogP) is 2.69. The van der Waals surface area contributed by atoms with E-state index in [4.69, 9.17) is 10.5 Å². The fraction of sp³-hybridized carbons (Fsp3) is 0.395. The molecule has 266 valence electrons. The lowest BCUT2D eigenvalue weighted by atomic mass is 9.77. The number of aliphatic carboxylic acids is 1. The molecule has 1 aliphatic heterocycles. The number of benzene rings is 3. The topological polar surface area (TPSA) is 180 Å². The number of carboxylic acids is 1. The summed E-state index contributed by atoms with van der Waals surface area (Å²) < 4.78 is 5.62. The number of nitrogens with zero attached hydrogens (tertiary/aromatic N) is 1. The van der Waals surface area contributed by atoms with Crippen molar-refractivity contribution in [2.24, 2.45) is 5.73 Å². The van der Waals surface area contributed by atoms with E-state index in [9.17, 15) is 29.1 Å². The lowest BCUT2D eigenvalue weighted by Gasteiger charge is -2.37. The van der Waals surface area contributed by atoms with Crippen molar-refractivity contribution in [3.8, 4) is 0 Å². The lowest BCUT2D eigenvalue weighted by Crippen LogP contribution is -2.54. The third-order valence-electron chi connectivity index (χ3n) is 8.52. The summed E-state index contributed by atoms with van der Waals surface area (Å²) in [7, 11) is 0. The Bertz CT molecular complexity index is 1520. The minimum absolute atomic E-state index is 0.00404. The number of hydrogen-bond acceptors (Lipinski definition) is 7. The molecule has 3 aromatic carbocycles. The number of ether oxygens (including phenoxy) is 1. The number of carboxylic acid groups (broad SMARTS) is 1. The molecule has 12 heteroatoms. The standard InChI is InChI=1S/C38H47N5O7/c1-37(2,3)50-25-29(39)35(47)43-23-13-20-31(43)34(46)40-24-33(45)41-30(36(48)49)21-22-32(44)42-38(26-14-7-4-8-15-26,27-16-9-5-10-17-27)28-18-11-6-12-19-28/h4-12,14-19,29-31H,13,20-25,39H2,1-3H3,(H,40,46)(H,41,45)(H,42,44)(H,48,49)/t29-,30-,31-/m0/s1. The molecule has 0 bridgehead atoms. The molecule has 0 spiro atoms. The number of nitrogens with two attached hydrogens (primary N) is 1. The molecule has 4 amide bonds. The highest BCUT2D eigenvalue weighted by molar-refractivity contribution is 5.93. The number of amides is 4. The number of carbonyl (C=O) groups excluding carboxylic acids is 4. The van der Waals surface area contributed by atoms with Gasteiger partial charge in [-0.3, -0.25) is 19.2 Å². The van der Waals surface area contributed by atoms with Crippen LogP contribution in [0, 0.1) is 0 Å². The summed E-state index contributed by atoms with van der Waals surface area (Å²) in [5, 5.41) is 18.0. The van der Waals surface area contributed by atoms with Gasteiger partial charge in [0.2, 0.25) is 23.6 Å². The third kappa shape index (κ3) is 9.76. The Labute approximate surface area is 292 Å². The van der Waals surface area contributed by atoms with Crippen LogP contribution in [0.1, 0.15) is 63.1 Å². The minimum Gasteiger partial charge on any atom is -0.480 e. The third-order valence-corrected chi connectivity index (χ3v) is 8.52.